The van der Waals surface area contributed by atoms with Crippen LogP contribution in [0.15, 0.2) is 48.8 Å². The first-order valence-electron chi connectivity index (χ1n) is 9.23. The standard InChI is InChI=1S/C21H29N3O.BrH/c1-4-24(5-2)19-12-13-20(18(3)17-19)22-21(25)11-7-10-16-23-14-8-6-9-15-23;/h6,8-9,12-15,17H,4-5,7,10-11,16H2,1-3H3;1H. The Morgan fingerprint density at radius 2 is 1.77 bits per heavy atom. The highest BCUT2D eigenvalue weighted by Crippen LogP contribution is 2.22. The monoisotopic (exact) mass is 419 g/mol. The number of anilines is 2. The number of pyridine rings is 1. The van der Waals surface area contributed by atoms with Gasteiger partial charge < -0.3 is 27.2 Å². The van der Waals surface area contributed by atoms with E-state index in [9.17, 15) is 4.79 Å². The molecule has 1 heterocycles. The van der Waals surface area contributed by atoms with Crippen molar-refractivity contribution < 1.29 is 26.3 Å². The number of halogens is 1. The van der Waals surface area contributed by atoms with Gasteiger partial charge in [0.25, 0.3) is 0 Å². The van der Waals surface area contributed by atoms with Gasteiger partial charge in [-0.25, -0.2) is 4.57 Å². The predicted octanol–water partition coefficient (Wildman–Crippen LogP) is 0.942. The number of carbonyl (C=O) groups is 1. The lowest BCUT2D eigenvalue weighted by Gasteiger charge is -2.22. The minimum atomic E-state index is 0. The molecule has 2 rings (SSSR count). The zero-order valence-electron chi connectivity index (χ0n) is 16.0. The largest absolute Gasteiger partial charge is 1.00 e. The molecule has 1 aromatic carbocycles. The van der Waals surface area contributed by atoms with Crippen LogP contribution in [0.25, 0.3) is 0 Å². The SMILES string of the molecule is CCN(CC)c1ccc(NC(=O)CCCC[n+]2ccccc2)c(C)c1.[Br-]. The second-order valence-corrected chi connectivity index (χ2v) is 6.29. The van der Waals surface area contributed by atoms with Crippen LogP contribution in [0.5, 0.6) is 0 Å². The maximum absolute atomic E-state index is 12.2. The van der Waals surface area contributed by atoms with E-state index in [4.69, 9.17) is 0 Å². The van der Waals surface area contributed by atoms with E-state index in [2.05, 4.69) is 60.1 Å². The van der Waals surface area contributed by atoms with E-state index in [0.717, 1.165) is 43.7 Å². The number of rotatable bonds is 9. The van der Waals surface area contributed by atoms with Gasteiger partial charge in [-0.15, -0.1) is 0 Å². The summed E-state index contributed by atoms with van der Waals surface area (Å²) in [5.74, 6) is 0.0942. The summed E-state index contributed by atoms with van der Waals surface area (Å²) in [5, 5.41) is 3.05. The Morgan fingerprint density at radius 3 is 2.38 bits per heavy atom. The molecule has 0 spiro atoms. The molecule has 0 atom stereocenters. The van der Waals surface area contributed by atoms with E-state index < -0.39 is 0 Å². The molecule has 0 radical (unpaired) electrons. The summed E-state index contributed by atoms with van der Waals surface area (Å²) in [4.78, 5) is 14.5. The fourth-order valence-electron chi connectivity index (χ4n) is 2.95. The highest BCUT2D eigenvalue weighted by atomic mass is 79.9. The van der Waals surface area contributed by atoms with Gasteiger partial charge >= 0.3 is 0 Å². The molecule has 142 valence electrons. The number of carbonyl (C=O) groups excluding carboxylic acids is 1. The van der Waals surface area contributed by atoms with Crippen LogP contribution in [-0.4, -0.2) is 19.0 Å². The first kappa shape index (κ1) is 22.2. The summed E-state index contributed by atoms with van der Waals surface area (Å²) in [6.45, 7) is 9.28. The Labute approximate surface area is 168 Å². The van der Waals surface area contributed by atoms with Crippen LogP contribution in [0.4, 0.5) is 11.4 Å². The molecule has 26 heavy (non-hydrogen) atoms. The van der Waals surface area contributed by atoms with Crippen molar-refractivity contribution in [1.29, 1.82) is 0 Å². The van der Waals surface area contributed by atoms with E-state index >= 15 is 0 Å². The van der Waals surface area contributed by atoms with Crippen LogP contribution < -0.4 is 31.8 Å². The third kappa shape index (κ3) is 6.79. The molecule has 0 fully saturated rings. The second-order valence-electron chi connectivity index (χ2n) is 6.29. The van der Waals surface area contributed by atoms with E-state index in [1.165, 1.54) is 5.69 Å². The summed E-state index contributed by atoms with van der Waals surface area (Å²) >= 11 is 0. The van der Waals surface area contributed by atoms with E-state index in [1.54, 1.807) is 0 Å². The van der Waals surface area contributed by atoms with Gasteiger partial charge in [0.05, 0.1) is 0 Å². The maximum atomic E-state index is 12.2. The molecule has 1 N–H and O–H groups in total. The summed E-state index contributed by atoms with van der Waals surface area (Å²) in [6.07, 6.45) is 6.57. The van der Waals surface area contributed by atoms with Crippen molar-refractivity contribution in [1.82, 2.24) is 0 Å². The topological polar surface area (TPSA) is 36.2 Å². The van der Waals surface area contributed by atoms with Crippen molar-refractivity contribution >= 4 is 17.3 Å². The fraction of sp³-hybridized carbons (Fsp3) is 0.429. The molecule has 0 aliphatic heterocycles. The van der Waals surface area contributed by atoms with Gasteiger partial charge in [-0.1, -0.05) is 6.07 Å². The summed E-state index contributed by atoms with van der Waals surface area (Å²) in [5.41, 5.74) is 3.23. The van der Waals surface area contributed by atoms with Gasteiger partial charge in [0, 0.05) is 49.4 Å². The lowest BCUT2D eigenvalue weighted by molar-refractivity contribution is -0.697. The number of nitrogens with zero attached hydrogens (tertiary/aromatic N) is 2. The molecule has 0 aliphatic carbocycles. The predicted molar refractivity (Wildman–Crippen MR) is 104 cm³/mol. The normalized spacial score (nSPS) is 10.1. The van der Waals surface area contributed by atoms with Crippen molar-refractivity contribution in [2.45, 2.75) is 46.6 Å². The van der Waals surface area contributed by atoms with Gasteiger partial charge in [0.15, 0.2) is 12.4 Å². The Balaban J connectivity index is 0.00000338. The number of aromatic nitrogens is 1. The Bertz CT molecular complexity index is 672. The van der Waals surface area contributed by atoms with E-state index in [-0.39, 0.29) is 22.9 Å². The van der Waals surface area contributed by atoms with Crippen LogP contribution in [0, 0.1) is 6.92 Å². The second kappa shape index (κ2) is 11.7. The number of hydrogen-bond acceptors (Lipinski definition) is 2. The molecule has 1 aromatic heterocycles. The van der Waals surface area contributed by atoms with E-state index in [1.807, 2.05) is 24.3 Å². The van der Waals surface area contributed by atoms with Gasteiger partial charge in [-0.2, -0.15) is 0 Å². The molecule has 1 amide bonds. The molecule has 0 bridgehead atoms. The highest BCUT2D eigenvalue weighted by molar-refractivity contribution is 5.91. The van der Waals surface area contributed by atoms with Gasteiger partial charge in [-0.3, -0.25) is 4.79 Å². The molecular weight excluding hydrogens is 390 g/mol. The number of benzene rings is 1. The molecular formula is C21H30BrN3O. The van der Waals surface area contributed by atoms with Crippen molar-refractivity contribution in [2.75, 3.05) is 23.3 Å². The Hall–Kier alpha value is -1.88. The molecule has 0 aliphatic rings. The van der Waals surface area contributed by atoms with Gasteiger partial charge in [-0.05, 0) is 51.0 Å². The number of hydrogen-bond donors (Lipinski definition) is 1. The molecule has 0 saturated heterocycles. The first-order valence-corrected chi connectivity index (χ1v) is 9.23. The number of nitrogens with one attached hydrogen (secondary N) is 1. The van der Waals surface area contributed by atoms with Crippen molar-refractivity contribution in [2.24, 2.45) is 0 Å². The lowest BCUT2D eigenvalue weighted by atomic mass is 10.1. The third-order valence-corrected chi connectivity index (χ3v) is 4.46. The zero-order valence-corrected chi connectivity index (χ0v) is 17.6. The quantitative estimate of drug-likeness (QED) is 0.484. The summed E-state index contributed by atoms with van der Waals surface area (Å²) < 4.78 is 2.15. The molecule has 4 nitrogen and oxygen atoms in total. The van der Waals surface area contributed by atoms with Crippen molar-refractivity contribution in [3.05, 3.63) is 54.4 Å². The molecule has 0 unspecified atom stereocenters. The Morgan fingerprint density at radius 1 is 1.08 bits per heavy atom. The highest BCUT2D eigenvalue weighted by Gasteiger charge is 2.08. The third-order valence-electron chi connectivity index (χ3n) is 4.46. The molecule has 2 aromatic rings. The van der Waals surface area contributed by atoms with Gasteiger partial charge in [0.2, 0.25) is 5.91 Å². The molecule has 5 heteroatoms. The van der Waals surface area contributed by atoms with Crippen LogP contribution in [0.2, 0.25) is 0 Å². The minimum absolute atomic E-state index is 0. The zero-order chi connectivity index (χ0) is 18.1. The molecule has 0 saturated carbocycles. The summed E-state index contributed by atoms with van der Waals surface area (Å²) in [7, 11) is 0. The van der Waals surface area contributed by atoms with Crippen molar-refractivity contribution in [3.63, 3.8) is 0 Å². The number of aryl methyl sites for hydroxylation is 2. The van der Waals surface area contributed by atoms with Crippen LogP contribution in [-0.2, 0) is 11.3 Å². The fourth-order valence-corrected chi connectivity index (χ4v) is 2.95. The average molecular weight is 420 g/mol. The number of unbranched alkanes of at least 4 members (excludes halogenated alkanes) is 1. The Kier molecular flexibility index (Phi) is 9.96. The summed E-state index contributed by atoms with van der Waals surface area (Å²) in [6, 6.07) is 12.3. The first-order chi connectivity index (χ1) is 12.1. The van der Waals surface area contributed by atoms with Gasteiger partial charge in [0.1, 0.15) is 6.54 Å². The maximum Gasteiger partial charge on any atom is 0.224 e. The number of amides is 1. The van der Waals surface area contributed by atoms with Crippen LogP contribution in [0.1, 0.15) is 38.7 Å². The lowest BCUT2D eigenvalue weighted by Crippen LogP contribution is -3.00. The van der Waals surface area contributed by atoms with Crippen molar-refractivity contribution in [3.8, 4) is 0 Å². The smallest absolute Gasteiger partial charge is 0.224 e. The minimum Gasteiger partial charge on any atom is -1.00 e. The van der Waals surface area contributed by atoms with E-state index in [0.29, 0.717) is 6.42 Å². The average Bonchev–Trinajstić information content (AvgIpc) is 2.63. The van der Waals surface area contributed by atoms with Crippen LogP contribution >= 0.6 is 0 Å². The van der Waals surface area contributed by atoms with Crippen LogP contribution in [0.3, 0.4) is 0 Å².